The molecule has 0 saturated carbocycles. The minimum Gasteiger partial charge on any atom is -0.389 e. The molecule has 0 unspecified atom stereocenters. The Bertz CT molecular complexity index is 594. The first-order chi connectivity index (χ1) is 9.66. The lowest BCUT2D eigenvalue weighted by Crippen LogP contribution is -2.25. The van der Waals surface area contributed by atoms with Gasteiger partial charge in [-0.05, 0) is 24.1 Å². The second-order valence-corrected chi connectivity index (χ2v) is 4.87. The number of hydrogen-bond donors (Lipinski definition) is 2. The van der Waals surface area contributed by atoms with Gasteiger partial charge in [0.05, 0.1) is 0 Å². The monoisotopic (exact) mass is 284 g/mol. The third-order valence-electron chi connectivity index (χ3n) is 2.97. The normalized spacial score (nSPS) is 10.0. The van der Waals surface area contributed by atoms with Gasteiger partial charge in [0.15, 0.2) is 0 Å². The van der Waals surface area contributed by atoms with Crippen molar-refractivity contribution in [1.29, 1.82) is 0 Å². The Morgan fingerprint density at radius 1 is 1.00 bits per heavy atom. The average molecular weight is 284 g/mol. The fourth-order valence-corrected chi connectivity index (χ4v) is 1.99. The molecule has 4 heteroatoms. The molecule has 2 rings (SSSR count). The maximum Gasteiger partial charge on any atom is 0.251 e. The third-order valence-corrected chi connectivity index (χ3v) is 3.21. The van der Waals surface area contributed by atoms with E-state index in [0.717, 1.165) is 12.0 Å². The van der Waals surface area contributed by atoms with Crippen molar-refractivity contribution in [2.75, 3.05) is 6.54 Å². The molecule has 20 heavy (non-hydrogen) atoms. The average Bonchev–Trinajstić information content (AvgIpc) is 2.48. The Hall–Kier alpha value is -2.20. The van der Waals surface area contributed by atoms with Gasteiger partial charge < -0.3 is 11.1 Å². The van der Waals surface area contributed by atoms with Crippen LogP contribution in [0.25, 0.3) is 0 Å². The van der Waals surface area contributed by atoms with Gasteiger partial charge in [0, 0.05) is 17.7 Å². The van der Waals surface area contributed by atoms with Crippen molar-refractivity contribution in [3.05, 3.63) is 71.3 Å². The number of carbonyl (C=O) groups excluding carboxylic acids is 1. The van der Waals surface area contributed by atoms with Crippen LogP contribution in [0.3, 0.4) is 0 Å². The van der Waals surface area contributed by atoms with Crippen LogP contribution in [-0.4, -0.2) is 17.4 Å². The second-order valence-electron chi connectivity index (χ2n) is 4.43. The molecule has 0 aromatic heterocycles. The van der Waals surface area contributed by atoms with E-state index in [2.05, 4.69) is 5.32 Å². The summed E-state index contributed by atoms with van der Waals surface area (Å²) < 4.78 is 0. The van der Waals surface area contributed by atoms with Crippen LogP contribution < -0.4 is 11.1 Å². The number of carbonyl (C=O) groups is 1. The summed E-state index contributed by atoms with van der Waals surface area (Å²) in [6.45, 7) is 0.611. The predicted octanol–water partition coefficient (Wildman–Crippen LogP) is 2.29. The first kappa shape index (κ1) is 14.2. The maximum absolute atomic E-state index is 11.9. The lowest BCUT2D eigenvalue weighted by molar-refractivity contribution is 0.0954. The highest BCUT2D eigenvalue weighted by atomic mass is 32.1. The van der Waals surface area contributed by atoms with Crippen molar-refractivity contribution in [2.24, 2.45) is 5.73 Å². The molecule has 0 heterocycles. The fraction of sp³-hybridized carbons (Fsp3) is 0.125. The molecule has 3 N–H and O–H groups in total. The SMILES string of the molecule is NC(=S)c1ccc(C(=O)NCCc2ccccc2)cc1. The molecular weight excluding hydrogens is 268 g/mol. The van der Waals surface area contributed by atoms with E-state index in [4.69, 9.17) is 18.0 Å². The number of amides is 1. The zero-order valence-electron chi connectivity index (χ0n) is 11.0. The van der Waals surface area contributed by atoms with Gasteiger partial charge in [-0.15, -0.1) is 0 Å². The number of rotatable bonds is 5. The second kappa shape index (κ2) is 6.82. The van der Waals surface area contributed by atoms with Crippen LogP contribution in [0, 0.1) is 0 Å². The van der Waals surface area contributed by atoms with E-state index in [0.29, 0.717) is 17.1 Å². The van der Waals surface area contributed by atoms with Crippen LogP contribution in [0.5, 0.6) is 0 Å². The molecule has 0 bridgehead atoms. The molecular formula is C16H16N2OS. The molecule has 0 fully saturated rings. The summed E-state index contributed by atoms with van der Waals surface area (Å²) in [7, 11) is 0. The zero-order valence-corrected chi connectivity index (χ0v) is 11.8. The van der Waals surface area contributed by atoms with Crippen molar-refractivity contribution in [3.8, 4) is 0 Å². The van der Waals surface area contributed by atoms with Gasteiger partial charge in [-0.1, -0.05) is 54.7 Å². The highest BCUT2D eigenvalue weighted by Gasteiger charge is 2.05. The molecule has 0 aliphatic rings. The van der Waals surface area contributed by atoms with Gasteiger partial charge >= 0.3 is 0 Å². The maximum atomic E-state index is 11.9. The standard InChI is InChI=1S/C16H16N2OS/c17-15(20)13-6-8-14(9-7-13)16(19)18-11-10-12-4-2-1-3-5-12/h1-9H,10-11H2,(H2,17,20)(H,18,19). The molecule has 0 saturated heterocycles. The molecule has 0 spiro atoms. The summed E-state index contributed by atoms with van der Waals surface area (Å²) in [6.07, 6.45) is 0.817. The van der Waals surface area contributed by atoms with E-state index in [1.807, 2.05) is 30.3 Å². The van der Waals surface area contributed by atoms with Crippen LogP contribution in [-0.2, 0) is 6.42 Å². The van der Waals surface area contributed by atoms with Gasteiger partial charge in [-0.2, -0.15) is 0 Å². The van der Waals surface area contributed by atoms with Crippen molar-refractivity contribution in [2.45, 2.75) is 6.42 Å². The Kier molecular flexibility index (Phi) is 4.85. The van der Waals surface area contributed by atoms with E-state index in [9.17, 15) is 4.79 Å². The molecule has 0 atom stereocenters. The molecule has 0 radical (unpaired) electrons. The van der Waals surface area contributed by atoms with Gasteiger partial charge in [0.2, 0.25) is 0 Å². The number of thiocarbonyl (C=S) groups is 1. The molecule has 0 aliphatic carbocycles. The number of nitrogens with one attached hydrogen (secondary N) is 1. The van der Waals surface area contributed by atoms with E-state index in [1.54, 1.807) is 24.3 Å². The summed E-state index contributed by atoms with van der Waals surface area (Å²) in [5, 5.41) is 2.89. The molecule has 3 nitrogen and oxygen atoms in total. The Morgan fingerprint density at radius 3 is 2.20 bits per heavy atom. The first-order valence-electron chi connectivity index (χ1n) is 6.39. The molecule has 1 amide bonds. The lowest BCUT2D eigenvalue weighted by atomic mass is 10.1. The Balaban J connectivity index is 1.87. The van der Waals surface area contributed by atoms with E-state index >= 15 is 0 Å². The van der Waals surface area contributed by atoms with Gasteiger partial charge in [-0.25, -0.2) is 0 Å². The third kappa shape index (κ3) is 3.90. The highest BCUT2D eigenvalue weighted by molar-refractivity contribution is 7.80. The highest BCUT2D eigenvalue weighted by Crippen LogP contribution is 2.04. The van der Waals surface area contributed by atoms with Crippen molar-refractivity contribution in [1.82, 2.24) is 5.32 Å². The van der Waals surface area contributed by atoms with Crippen molar-refractivity contribution < 1.29 is 4.79 Å². The minimum atomic E-state index is -0.0876. The summed E-state index contributed by atoms with van der Waals surface area (Å²) in [5.41, 5.74) is 8.09. The Labute approximate surface area is 123 Å². The number of benzene rings is 2. The zero-order chi connectivity index (χ0) is 14.4. The van der Waals surface area contributed by atoms with E-state index < -0.39 is 0 Å². The first-order valence-corrected chi connectivity index (χ1v) is 6.79. The van der Waals surface area contributed by atoms with E-state index in [-0.39, 0.29) is 5.91 Å². The fourth-order valence-electron chi connectivity index (χ4n) is 1.85. The molecule has 0 aliphatic heterocycles. The molecule has 2 aromatic rings. The molecule has 2 aromatic carbocycles. The van der Waals surface area contributed by atoms with Crippen molar-refractivity contribution >= 4 is 23.1 Å². The predicted molar refractivity (Wildman–Crippen MR) is 84.8 cm³/mol. The summed E-state index contributed by atoms with van der Waals surface area (Å²) in [4.78, 5) is 12.3. The summed E-state index contributed by atoms with van der Waals surface area (Å²) in [5.74, 6) is -0.0876. The van der Waals surface area contributed by atoms with Gasteiger partial charge in [-0.3, -0.25) is 4.79 Å². The van der Waals surface area contributed by atoms with Crippen molar-refractivity contribution in [3.63, 3.8) is 0 Å². The largest absolute Gasteiger partial charge is 0.389 e. The number of hydrogen-bond acceptors (Lipinski definition) is 2. The Morgan fingerprint density at radius 2 is 1.60 bits per heavy atom. The summed E-state index contributed by atoms with van der Waals surface area (Å²) >= 11 is 4.87. The van der Waals surface area contributed by atoms with Crippen LogP contribution in [0.2, 0.25) is 0 Å². The van der Waals surface area contributed by atoms with Crippen LogP contribution in [0.1, 0.15) is 21.5 Å². The van der Waals surface area contributed by atoms with E-state index in [1.165, 1.54) is 5.56 Å². The van der Waals surface area contributed by atoms with Crippen LogP contribution >= 0.6 is 12.2 Å². The topological polar surface area (TPSA) is 55.1 Å². The summed E-state index contributed by atoms with van der Waals surface area (Å²) in [6, 6.07) is 17.0. The quantitative estimate of drug-likeness (QED) is 0.828. The smallest absolute Gasteiger partial charge is 0.251 e. The number of nitrogens with two attached hydrogens (primary N) is 1. The van der Waals surface area contributed by atoms with Crippen LogP contribution in [0.4, 0.5) is 0 Å². The van der Waals surface area contributed by atoms with Gasteiger partial charge in [0.25, 0.3) is 5.91 Å². The van der Waals surface area contributed by atoms with Crippen LogP contribution in [0.15, 0.2) is 54.6 Å². The minimum absolute atomic E-state index is 0.0876. The lowest BCUT2D eigenvalue weighted by Gasteiger charge is -2.06. The van der Waals surface area contributed by atoms with Gasteiger partial charge in [0.1, 0.15) is 4.99 Å². The molecule has 102 valence electrons.